The number of hydrogen-bond acceptors (Lipinski definition) is 5. The molecule has 5 heterocycles. The maximum atomic E-state index is 16.8. The Labute approximate surface area is 389 Å². The number of rotatable bonds is 14. The number of aromatic amines is 2. The number of fused-ring (bicyclic) bond motifs is 2. The maximum absolute atomic E-state index is 16.8. The summed E-state index contributed by atoms with van der Waals surface area (Å²) in [5.74, 6) is 1.18. The number of H-pyrrole nitrogens is 2. The number of aromatic nitrogens is 3. The number of allylic oxidation sites excluding steroid dienone is 1. The minimum atomic E-state index is -0.437. The Balaban J connectivity index is 0.942. The molecular weight excluding hydrogens is 825 g/mol. The predicted molar refractivity (Wildman–Crippen MR) is 265 cm³/mol. The smallest absolute Gasteiger partial charge is 0.131 e. The van der Waals surface area contributed by atoms with Crippen LogP contribution in [0.25, 0.3) is 21.9 Å². The van der Waals surface area contributed by atoms with Gasteiger partial charge in [-0.25, -0.2) is 8.78 Å². The van der Waals surface area contributed by atoms with Crippen LogP contribution in [0.15, 0.2) is 103 Å². The molecule has 0 amide bonds. The lowest BCUT2D eigenvalue weighted by Gasteiger charge is -2.35. The normalized spacial score (nSPS) is 24.1. The van der Waals surface area contributed by atoms with E-state index in [-0.39, 0.29) is 29.6 Å². The van der Waals surface area contributed by atoms with Gasteiger partial charge in [-0.05, 0) is 158 Å². The zero-order chi connectivity index (χ0) is 45.8. The molecule has 66 heavy (non-hydrogen) atoms. The molecule has 1 aliphatic carbocycles. The topological polar surface area (TPSA) is 81.5 Å². The van der Waals surface area contributed by atoms with Gasteiger partial charge in [-0.2, -0.15) is 0 Å². The van der Waals surface area contributed by atoms with Crippen LogP contribution in [-0.2, 0) is 6.54 Å². The minimum Gasteiger partial charge on any atom is -0.497 e. The van der Waals surface area contributed by atoms with Gasteiger partial charge in [0.1, 0.15) is 17.4 Å². The van der Waals surface area contributed by atoms with Gasteiger partial charge in [0.05, 0.1) is 42.8 Å². The lowest BCUT2D eigenvalue weighted by Crippen LogP contribution is -2.36. The Bertz CT molecular complexity index is 2680. The molecule has 4 fully saturated rings. The monoisotopic (exact) mass is 894 g/mol. The number of anilines is 1. The fourth-order valence-corrected chi connectivity index (χ4v) is 12.3. The Kier molecular flexibility index (Phi) is 12.3. The number of nitrogens with one attached hydrogen (secondary N) is 2. The molecule has 4 N–H and O–H groups in total. The molecule has 5 atom stereocenters. The molecule has 6 aromatic rings. The third-order valence-corrected chi connectivity index (χ3v) is 16.4. The van der Waals surface area contributed by atoms with Gasteiger partial charge in [0.2, 0.25) is 0 Å². The number of ether oxygens (including phenoxy) is 1. The average molecular weight is 894 g/mol. The number of hydrogen-bond donors (Lipinski definition) is 3. The van der Waals surface area contributed by atoms with Crippen molar-refractivity contribution in [2.75, 3.05) is 31.6 Å². The molecule has 4 aliphatic rings. The van der Waals surface area contributed by atoms with Gasteiger partial charge < -0.3 is 30.2 Å². The van der Waals surface area contributed by atoms with Gasteiger partial charge in [0, 0.05) is 59.5 Å². The SMILES string of the molecule is C=C([C@@H](C)C(C)C)N1CCC[C@H]1Cn1[nH]c2cc([C@H]3CC[C@H](c4ccc5cc([C@@H]6CCCN6C(=C)CN)[nH]c5c4)N3c3cc(F)c(C4CCC(c5ccc(OC)cc5)CC4)c(F)c3)ccc21. The Hall–Kier alpha value is -5.48. The molecule has 0 unspecified atom stereocenters. The van der Waals surface area contributed by atoms with E-state index in [1.165, 1.54) is 28.9 Å². The van der Waals surface area contributed by atoms with E-state index in [1.807, 2.05) is 12.1 Å². The third-order valence-electron chi connectivity index (χ3n) is 16.4. The number of methoxy groups -OCH3 is 1. The average Bonchev–Trinajstić information content (AvgIpc) is 4.16. The van der Waals surface area contributed by atoms with Gasteiger partial charge >= 0.3 is 0 Å². The van der Waals surface area contributed by atoms with Crippen molar-refractivity contribution in [2.45, 2.75) is 128 Å². The Morgan fingerprint density at radius 2 is 1.36 bits per heavy atom. The summed E-state index contributed by atoms with van der Waals surface area (Å²) in [5, 5.41) is 4.83. The van der Waals surface area contributed by atoms with Crippen LogP contribution < -0.4 is 15.4 Å². The number of halogens is 2. The summed E-state index contributed by atoms with van der Waals surface area (Å²) >= 11 is 0. The quantitative estimate of drug-likeness (QED) is 0.101. The molecule has 10 heteroatoms. The fraction of sp³-hybridized carbons (Fsp3) is 0.464. The van der Waals surface area contributed by atoms with Crippen molar-refractivity contribution < 1.29 is 13.5 Å². The van der Waals surface area contributed by atoms with Gasteiger partial charge in [-0.3, -0.25) is 9.78 Å². The van der Waals surface area contributed by atoms with Crippen LogP contribution in [0.1, 0.15) is 143 Å². The van der Waals surface area contributed by atoms with Crippen LogP contribution >= 0.6 is 0 Å². The minimum absolute atomic E-state index is 0.0730. The van der Waals surface area contributed by atoms with Crippen molar-refractivity contribution in [3.05, 3.63) is 143 Å². The first kappa shape index (κ1) is 44.4. The van der Waals surface area contributed by atoms with Gasteiger partial charge in [0.15, 0.2) is 0 Å². The van der Waals surface area contributed by atoms with Crippen molar-refractivity contribution in [1.29, 1.82) is 0 Å². The highest BCUT2D eigenvalue weighted by molar-refractivity contribution is 5.82. The van der Waals surface area contributed by atoms with E-state index in [2.05, 4.69) is 118 Å². The van der Waals surface area contributed by atoms with E-state index >= 15 is 8.78 Å². The molecular formula is C56H69F2N7O. The molecule has 3 aliphatic heterocycles. The third kappa shape index (κ3) is 8.22. The summed E-state index contributed by atoms with van der Waals surface area (Å²) < 4.78 is 41.2. The summed E-state index contributed by atoms with van der Waals surface area (Å²) in [5.41, 5.74) is 17.2. The van der Waals surface area contributed by atoms with Crippen LogP contribution in [-0.4, -0.2) is 57.4 Å². The lowest BCUT2D eigenvalue weighted by molar-refractivity contribution is 0.242. The highest BCUT2D eigenvalue weighted by Gasteiger charge is 2.38. The van der Waals surface area contributed by atoms with Crippen LogP contribution in [0.2, 0.25) is 0 Å². The molecule has 348 valence electrons. The van der Waals surface area contributed by atoms with E-state index in [4.69, 9.17) is 10.5 Å². The number of benzene rings is 4. The van der Waals surface area contributed by atoms with E-state index < -0.39 is 11.6 Å². The molecule has 2 aromatic heterocycles. The van der Waals surface area contributed by atoms with E-state index in [9.17, 15) is 0 Å². The summed E-state index contributed by atoms with van der Waals surface area (Å²) in [6, 6.07) is 27.7. The maximum Gasteiger partial charge on any atom is 0.131 e. The summed E-state index contributed by atoms with van der Waals surface area (Å²) in [4.78, 5) is 11.0. The first-order chi connectivity index (χ1) is 32.0. The fourth-order valence-electron chi connectivity index (χ4n) is 12.3. The van der Waals surface area contributed by atoms with Crippen LogP contribution in [0.5, 0.6) is 5.75 Å². The van der Waals surface area contributed by atoms with Crippen molar-refractivity contribution >= 4 is 27.6 Å². The zero-order valence-electron chi connectivity index (χ0n) is 39.5. The van der Waals surface area contributed by atoms with E-state index in [0.717, 1.165) is 116 Å². The van der Waals surface area contributed by atoms with Crippen LogP contribution in [0, 0.1) is 23.5 Å². The molecule has 10 rings (SSSR count). The highest BCUT2D eigenvalue weighted by atomic mass is 19.1. The van der Waals surface area contributed by atoms with Crippen molar-refractivity contribution in [2.24, 2.45) is 17.6 Å². The molecule has 0 spiro atoms. The second-order valence-electron chi connectivity index (χ2n) is 20.4. The number of nitrogens with two attached hydrogens (primary N) is 1. The largest absolute Gasteiger partial charge is 0.497 e. The molecule has 0 radical (unpaired) electrons. The van der Waals surface area contributed by atoms with E-state index in [1.54, 1.807) is 19.2 Å². The van der Waals surface area contributed by atoms with Gasteiger partial charge in [-0.1, -0.05) is 64.3 Å². The molecule has 3 saturated heterocycles. The van der Waals surface area contributed by atoms with Crippen molar-refractivity contribution in [1.82, 2.24) is 24.6 Å². The number of likely N-dealkylation sites (tertiary alicyclic amines) is 2. The predicted octanol–water partition coefficient (Wildman–Crippen LogP) is 13.1. The molecule has 8 nitrogen and oxygen atoms in total. The second-order valence-corrected chi connectivity index (χ2v) is 20.4. The highest BCUT2D eigenvalue weighted by Crippen LogP contribution is 2.50. The lowest BCUT2D eigenvalue weighted by atomic mass is 9.76. The first-order valence-electron chi connectivity index (χ1n) is 24.8. The number of nitrogens with zero attached hydrogens (tertiary/aromatic N) is 4. The van der Waals surface area contributed by atoms with E-state index in [0.29, 0.717) is 36.0 Å². The second kappa shape index (κ2) is 18.3. The summed E-state index contributed by atoms with van der Waals surface area (Å²) in [7, 11) is 1.68. The molecule has 0 bridgehead atoms. The van der Waals surface area contributed by atoms with Crippen molar-refractivity contribution in [3.8, 4) is 5.75 Å². The Morgan fingerprint density at radius 1 is 0.727 bits per heavy atom. The Morgan fingerprint density at radius 3 is 2.03 bits per heavy atom. The molecule has 4 aromatic carbocycles. The summed E-state index contributed by atoms with van der Waals surface area (Å²) in [6.45, 7) is 19.0. The molecule has 1 saturated carbocycles. The van der Waals surface area contributed by atoms with Crippen LogP contribution in [0.3, 0.4) is 0 Å². The van der Waals surface area contributed by atoms with Gasteiger partial charge in [0.25, 0.3) is 0 Å². The van der Waals surface area contributed by atoms with Crippen LogP contribution in [0.4, 0.5) is 14.5 Å². The zero-order valence-corrected chi connectivity index (χ0v) is 39.5. The standard InChI is InChI=1S/C56H69F2N7O/c1-34(2)36(4)37(5)63-26-7-9-44(63)33-64-55-22-19-43(29-51(55)61-64)53-24-23-52(42-16-15-41-27-50(60-49(41)28-42)54-10-8-25-62(54)35(3)32-59)65(53)45-30-47(57)56(48(58)31-45)40-13-11-38(12-14-40)39-17-20-46(66-6)21-18-39/h15-22,27-31,34,36,38,40,44,52-54,60-61H,3,5,7-14,23-26,32-33,59H2,1-2,4,6H3/t36-,38?,40?,44-,52+,53+,54-/m0/s1. The van der Waals surface area contributed by atoms with Crippen molar-refractivity contribution in [3.63, 3.8) is 0 Å². The summed E-state index contributed by atoms with van der Waals surface area (Å²) in [6.07, 6.45) is 9.48. The van der Waals surface area contributed by atoms with Gasteiger partial charge in [-0.15, -0.1) is 0 Å². The first-order valence-corrected chi connectivity index (χ1v) is 24.8.